The van der Waals surface area contributed by atoms with Crippen LogP contribution in [0.3, 0.4) is 0 Å². The van der Waals surface area contributed by atoms with Gasteiger partial charge < -0.3 is 14.2 Å². The van der Waals surface area contributed by atoms with E-state index in [0.29, 0.717) is 24.7 Å². The van der Waals surface area contributed by atoms with E-state index in [4.69, 9.17) is 14.2 Å². The fourth-order valence-electron chi connectivity index (χ4n) is 2.63. The number of rotatable bonds is 8. The zero-order valence-electron chi connectivity index (χ0n) is 17.2. The van der Waals surface area contributed by atoms with Gasteiger partial charge in [-0.2, -0.15) is 5.10 Å². The maximum absolute atomic E-state index is 5.81. The van der Waals surface area contributed by atoms with Crippen molar-refractivity contribution >= 4 is 6.21 Å². The van der Waals surface area contributed by atoms with E-state index in [2.05, 4.69) is 48.2 Å². The second-order valence-corrected chi connectivity index (χ2v) is 7.47. The van der Waals surface area contributed by atoms with Crippen LogP contribution >= 0.6 is 0 Å². The maximum atomic E-state index is 5.81. The predicted molar refractivity (Wildman–Crippen MR) is 112 cm³/mol. The van der Waals surface area contributed by atoms with Crippen LogP contribution in [0.5, 0.6) is 17.2 Å². The second-order valence-electron chi connectivity index (χ2n) is 7.47. The molecule has 0 saturated carbocycles. The van der Waals surface area contributed by atoms with E-state index in [0.717, 1.165) is 11.3 Å². The predicted octanol–water partition coefficient (Wildman–Crippen LogP) is 3.92. The molecule has 0 aliphatic heterocycles. The first-order valence-electron chi connectivity index (χ1n) is 9.39. The van der Waals surface area contributed by atoms with Crippen molar-refractivity contribution in [1.82, 2.24) is 14.9 Å². The lowest BCUT2D eigenvalue weighted by Crippen LogP contribution is -2.12. The molecule has 0 fully saturated rings. The summed E-state index contributed by atoms with van der Waals surface area (Å²) in [5.74, 6) is 2.11. The highest BCUT2D eigenvalue weighted by molar-refractivity contribution is 5.80. The van der Waals surface area contributed by atoms with Crippen molar-refractivity contribution in [3.05, 3.63) is 66.2 Å². The van der Waals surface area contributed by atoms with E-state index in [1.165, 1.54) is 22.9 Å². The van der Waals surface area contributed by atoms with Gasteiger partial charge in [-0.05, 0) is 46.9 Å². The average Bonchev–Trinajstić information content (AvgIpc) is 3.23. The lowest BCUT2D eigenvalue weighted by molar-refractivity contribution is 0.211. The highest BCUT2D eigenvalue weighted by atomic mass is 16.5. The number of hydrogen-bond donors (Lipinski definition) is 0. The van der Waals surface area contributed by atoms with Crippen LogP contribution in [-0.4, -0.2) is 41.4 Å². The van der Waals surface area contributed by atoms with Crippen LogP contribution in [0, 0.1) is 0 Å². The Morgan fingerprint density at radius 2 is 1.62 bits per heavy atom. The Morgan fingerprint density at radius 3 is 2.28 bits per heavy atom. The van der Waals surface area contributed by atoms with Crippen molar-refractivity contribution in [1.29, 1.82) is 0 Å². The minimum absolute atomic E-state index is 0.130. The average molecular weight is 394 g/mol. The van der Waals surface area contributed by atoms with E-state index < -0.39 is 0 Å². The van der Waals surface area contributed by atoms with Crippen molar-refractivity contribution < 1.29 is 14.2 Å². The number of hydrogen-bond acceptors (Lipinski definition) is 6. The van der Waals surface area contributed by atoms with E-state index in [9.17, 15) is 0 Å². The third kappa shape index (κ3) is 5.81. The van der Waals surface area contributed by atoms with Gasteiger partial charge in [0.15, 0.2) is 11.5 Å². The van der Waals surface area contributed by atoms with Gasteiger partial charge in [0.25, 0.3) is 0 Å². The summed E-state index contributed by atoms with van der Waals surface area (Å²) in [5.41, 5.74) is 2.28. The van der Waals surface area contributed by atoms with Crippen LogP contribution in [0.25, 0.3) is 0 Å². The Kier molecular flexibility index (Phi) is 6.49. The van der Waals surface area contributed by atoms with Crippen molar-refractivity contribution in [3.8, 4) is 17.2 Å². The molecule has 29 heavy (non-hydrogen) atoms. The lowest BCUT2D eigenvalue weighted by Gasteiger charge is -2.19. The van der Waals surface area contributed by atoms with Crippen LogP contribution in [0.2, 0.25) is 0 Å². The van der Waals surface area contributed by atoms with Gasteiger partial charge in [0, 0.05) is 0 Å². The molecule has 3 aromatic rings. The van der Waals surface area contributed by atoms with Crippen molar-refractivity contribution in [2.75, 3.05) is 20.3 Å². The molecule has 0 saturated heterocycles. The molecule has 1 aromatic heterocycles. The molecule has 0 aliphatic rings. The second kappa shape index (κ2) is 9.23. The normalized spacial score (nSPS) is 11.6. The molecule has 0 N–H and O–H groups in total. The van der Waals surface area contributed by atoms with E-state index in [1.54, 1.807) is 13.3 Å². The minimum Gasteiger partial charge on any atom is -0.493 e. The fourth-order valence-corrected chi connectivity index (χ4v) is 2.63. The fraction of sp³-hybridized carbons (Fsp3) is 0.318. The number of methoxy groups -OCH3 is 1. The van der Waals surface area contributed by atoms with Crippen LogP contribution in [0.4, 0.5) is 0 Å². The summed E-state index contributed by atoms with van der Waals surface area (Å²) in [7, 11) is 1.61. The number of benzene rings is 2. The van der Waals surface area contributed by atoms with E-state index in [-0.39, 0.29) is 5.41 Å². The Bertz CT molecular complexity index is 930. The van der Waals surface area contributed by atoms with Crippen LogP contribution < -0.4 is 14.2 Å². The molecular weight excluding hydrogens is 368 g/mol. The molecule has 0 aliphatic carbocycles. The smallest absolute Gasteiger partial charge is 0.161 e. The largest absolute Gasteiger partial charge is 0.493 e. The molecule has 3 rings (SSSR count). The number of nitrogens with zero attached hydrogens (tertiary/aromatic N) is 4. The third-order valence-corrected chi connectivity index (χ3v) is 4.26. The topological polar surface area (TPSA) is 70.8 Å². The van der Waals surface area contributed by atoms with Gasteiger partial charge in [0.1, 0.15) is 31.6 Å². The van der Waals surface area contributed by atoms with Gasteiger partial charge >= 0.3 is 0 Å². The van der Waals surface area contributed by atoms with Gasteiger partial charge in [-0.1, -0.05) is 32.9 Å². The van der Waals surface area contributed by atoms with Crippen molar-refractivity contribution in [2.24, 2.45) is 5.10 Å². The monoisotopic (exact) mass is 394 g/mol. The minimum atomic E-state index is 0.130. The van der Waals surface area contributed by atoms with Gasteiger partial charge in [-0.3, -0.25) is 0 Å². The van der Waals surface area contributed by atoms with Gasteiger partial charge in [0.05, 0.1) is 13.3 Å². The molecule has 2 aromatic carbocycles. The Hall–Kier alpha value is -3.35. The number of ether oxygens (including phenoxy) is 3. The van der Waals surface area contributed by atoms with Gasteiger partial charge in [0.2, 0.25) is 0 Å². The molecule has 0 unspecified atom stereocenters. The quantitative estimate of drug-likeness (QED) is 0.428. The first-order valence-corrected chi connectivity index (χ1v) is 9.39. The van der Waals surface area contributed by atoms with Gasteiger partial charge in [-0.25, -0.2) is 4.68 Å². The van der Waals surface area contributed by atoms with E-state index in [1.807, 2.05) is 30.3 Å². The summed E-state index contributed by atoms with van der Waals surface area (Å²) in [5, 5.41) is 11.6. The zero-order valence-corrected chi connectivity index (χ0v) is 17.2. The first-order chi connectivity index (χ1) is 14.0. The molecule has 0 atom stereocenters. The van der Waals surface area contributed by atoms with Crippen molar-refractivity contribution in [2.45, 2.75) is 26.2 Å². The van der Waals surface area contributed by atoms with Crippen molar-refractivity contribution in [3.63, 3.8) is 0 Å². The third-order valence-electron chi connectivity index (χ3n) is 4.26. The summed E-state index contributed by atoms with van der Waals surface area (Å²) in [6.45, 7) is 7.42. The molecule has 7 nitrogen and oxygen atoms in total. The molecule has 0 amide bonds. The zero-order chi connectivity index (χ0) is 20.7. The molecule has 0 bridgehead atoms. The Balaban J connectivity index is 1.52. The molecule has 152 valence electrons. The van der Waals surface area contributed by atoms with Crippen LogP contribution in [0.1, 0.15) is 31.9 Å². The summed E-state index contributed by atoms with van der Waals surface area (Å²) in [6, 6.07) is 13.8. The molecule has 0 spiro atoms. The summed E-state index contributed by atoms with van der Waals surface area (Å²) >= 11 is 0. The highest BCUT2D eigenvalue weighted by Crippen LogP contribution is 2.28. The van der Waals surface area contributed by atoms with E-state index >= 15 is 0 Å². The summed E-state index contributed by atoms with van der Waals surface area (Å²) in [4.78, 5) is 0. The number of aromatic nitrogens is 3. The summed E-state index contributed by atoms with van der Waals surface area (Å²) in [6.07, 6.45) is 4.73. The first kappa shape index (κ1) is 20.4. The van der Waals surface area contributed by atoms with Gasteiger partial charge in [-0.15, -0.1) is 10.2 Å². The van der Waals surface area contributed by atoms with Crippen LogP contribution in [0.15, 0.2) is 60.2 Å². The molecule has 1 heterocycles. The molecular formula is C22H26N4O3. The standard InChI is InChI=1S/C22H26N4O3/c1-22(2,3)18-6-8-19(9-7-18)28-11-12-29-20-10-5-17(13-21(20)27-4)14-25-26-15-23-24-16-26/h5-10,13-16H,11-12H2,1-4H3/b25-14-. The molecule has 7 heteroatoms. The maximum Gasteiger partial charge on any atom is 0.161 e. The SMILES string of the molecule is COc1cc(/C=N\n2cnnc2)ccc1OCCOc1ccc(C(C)(C)C)cc1. The molecule has 0 radical (unpaired) electrons. The Labute approximate surface area is 170 Å². The van der Waals surface area contributed by atoms with Crippen LogP contribution in [-0.2, 0) is 5.41 Å². The Morgan fingerprint density at radius 1 is 0.931 bits per heavy atom. The lowest BCUT2D eigenvalue weighted by atomic mass is 9.87. The highest BCUT2D eigenvalue weighted by Gasteiger charge is 2.13. The summed E-state index contributed by atoms with van der Waals surface area (Å²) < 4.78 is 18.5.